The van der Waals surface area contributed by atoms with Gasteiger partial charge in [-0.2, -0.15) is 0 Å². The van der Waals surface area contributed by atoms with Crippen LogP contribution >= 0.6 is 0 Å². The van der Waals surface area contributed by atoms with Gasteiger partial charge in [-0.15, -0.1) is 0 Å². The zero-order valence-corrected chi connectivity index (χ0v) is 10.7. The van der Waals surface area contributed by atoms with Gasteiger partial charge in [-0.05, 0) is 13.3 Å². The molecule has 1 fully saturated rings. The van der Waals surface area contributed by atoms with E-state index in [1.807, 2.05) is 6.92 Å². The number of rotatable bonds is 5. The van der Waals surface area contributed by atoms with E-state index in [1.54, 1.807) is 7.11 Å². The van der Waals surface area contributed by atoms with Crippen LogP contribution in [0.2, 0.25) is 0 Å². The normalized spacial score (nSPS) is 21.4. The summed E-state index contributed by atoms with van der Waals surface area (Å²) < 4.78 is 9.99. The van der Waals surface area contributed by atoms with Crippen molar-refractivity contribution in [2.45, 2.75) is 25.4 Å². The van der Waals surface area contributed by atoms with E-state index < -0.39 is 12.0 Å². The Labute approximate surface area is 106 Å². The van der Waals surface area contributed by atoms with E-state index in [4.69, 9.17) is 14.6 Å². The quantitative estimate of drug-likeness (QED) is 0.721. The maximum Gasteiger partial charge on any atom is 0.328 e. The number of carboxylic acids is 1. The number of morpholine rings is 1. The molecule has 2 amide bonds. The molecule has 0 saturated carbocycles. The minimum Gasteiger partial charge on any atom is -0.480 e. The van der Waals surface area contributed by atoms with Crippen LogP contribution in [0.15, 0.2) is 0 Å². The van der Waals surface area contributed by atoms with E-state index in [9.17, 15) is 9.59 Å². The molecule has 0 aromatic heterocycles. The van der Waals surface area contributed by atoms with Gasteiger partial charge in [0.25, 0.3) is 0 Å². The van der Waals surface area contributed by atoms with Crippen molar-refractivity contribution in [1.29, 1.82) is 0 Å². The highest BCUT2D eigenvalue weighted by atomic mass is 16.5. The molecule has 1 aliphatic rings. The predicted molar refractivity (Wildman–Crippen MR) is 63.4 cm³/mol. The number of carbonyl (C=O) groups is 2. The third kappa shape index (κ3) is 4.15. The van der Waals surface area contributed by atoms with Crippen molar-refractivity contribution in [3.8, 4) is 0 Å². The smallest absolute Gasteiger partial charge is 0.328 e. The minimum absolute atomic E-state index is 0.0369. The lowest BCUT2D eigenvalue weighted by molar-refractivity contribution is -0.147. The first-order valence-corrected chi connectivity index (χ1v) is 5.93. The number of aliphatic carboxylic acids is 1. The second kappa shape index (κ2) is 7.17. The van der Waals surface area contributed by atoms with Crippen molar-refractivity contribution in [3.63, 3.8) is 0 Å². The van der Waals surface area contributed by atoms with Crippen molar-refractivity contribution in [3.05, 3.63) is 0 Å². The zero-order chi connectivity index (χ0) is 13.5. The summed E-state index contributed by atoms with van der Waals surface area (Å²) in [6.07, 6.45) is 0.685. The van der Waals surface area contributed by atoms with Crippen LogP contribution < -0.4 is 5.32 Å². The lowest BCUT2D eigenvalue weighted by Crippen LogP contribution is -2.56. The number of nitrogens with zero attached hydrogens (tertiary/aromatic N) is 1. The van der Waals surface area contributed by atoms with Crippen molar-refractivity contribution >= 4 is 12.0 Å². The SMILES string of the molecule is COCCC(C)NC(=O)N1CCOCC1C(=O)O. The van der Waals surface area contributed by atoms with Crippen LogP contribution in [0.1, 0.15) is 13.3 Å². The van der Waals surface area contributed by atoms with Gasteiger partial charge >= 0.3 is 12.0 Å². The van der Waals surface area contributed by atoms with E-state index in [0.29, 0.717) is 26.2 Å². The number of methoxy groups -OCH3 is 1. The van der Waals surface area contributed by atoms with Gasteiger partial charge in [0, 0.05) is 26.3 Å². The molecule has 7 heteroatoms. The van der Waals surface area contributed by atoms with Gasteiger partial charge in [0.1, 0.15) is 0 Å². The average Bonchev–Trinajstić information content (AvgIpc) is 2.36. The molecule has 2 atom stereocenters. The molecule has 1 aliphatic heterocycles. The molecule has 1 saturated heterocycles. The highest BCUT2D eigenvalue weighted by Gasteiger charge is 2.33. The Morgan fingerprint density at radius 2 is 2.33 bits per heavy atom. The number of hydrogen-bond donors (Lipinski definition) is 2. The Kier molecular flexibility index (Phi) is 5.87. The summed E-state index contributed by atoms with van der Waals surface area (Å²) in [5, 5.41) is 11.8. The molecular formula is C11H20N2O5. The van der Waals surface area contributed by atoms with E-state index >= 15 is 0 Å². The van der Waals surface area contributed by atoms with E-state index in [2.05, 4.69) is 5.32 Å². The van der Waals surface area contributed by atoms with Crippen LogP contribution in [-0.2, 0) is 14.3 Å². The van der Waals surface area contributed by atoms with Gasteiger partial charge in [-0.1, -0.05) is 0 Å². The van der Waals surface area contributed by atoms with Crippen molar-refractivity contribution in [1.82, 2.24) is 10.2 Å². The second-order valence-corrected chi connectivity index (χ2v) is 4.25. The molecule has 0 aromatic carbocycles. The van der Waals surface area contributed by atoms with Gasteiger partial charge in [0.15, 0.2) is 6.04 Å². The largest absolute Gasteiger partial charge is 0.480 e. The molecule has 0 spiro atoms. The van der Waals surface area contributed by atoms with Crippen LogP contribution in [0.5, 0.6) is 0 Å². The van der Waals surface area contributed by atoms with Gasteiger partial charge in [0.2, 0.25) is 0 Å². The number of hydrogen-bond acceptors (Lipinski definition) is 4. The van der Waals surface area contributed by atoms with Gasteiger partial charge < -0.3 is 24.8 Å². The molecular weight excluding hydrogens is 240 g/mol. The van der Waals surface area contributed by atoms with E-state index in [-0.39, 0.29) is 18.7 Å². The average molecular weight is 260 g/mol. The molecule has 18 heavy (non-hydrogen) atoms. The lowest BCUT2D eigenvalue weighted by Gasteiger charge is -2.33. The number of amides is 2. The summed E-state index contributed by atoms with van der Waals surface area (Å²) in [5.74, 6) is -1.05. The molecule has 0 aromatic rings. The monoisotopic (exact) mass is 260 g/mol. The molecule has 0 bridgehead atoms. The fourth-order valence-electron chi connectivity index (χ4n) is 1.71. The first-order chi connectivity index (χ1) is 8.56. The molecule has 0 aliphatic carbocycles. The minimum atomic E-state index is -1.05. The fraction of sp³-hybridized carbons (Fsp3) is 0.818. The number of nitrogens with one attached hydrogen (secondary N) is 1. The maximum atomic E-state index is 11.9. The highest BCUT2D eigenvalue weighted by molar-refractivity contribution is 5.83. The Morgan fingerprint density at radius 1 is 1.61 bits per heavy atom. The first-order valence-electron chi connectivity index (χ1n) is 5.93. The summed E-state index contributed by atoms with van der Waals surface area (Å²) in [6, 6.07) is -1.34. The summed E-state index contributed by atoms with van der Waals surface area (Å²) in [4.78, 5) is 24.2. The van der Waals surface area contributed by atoms with Crippen LogP contribution in [0, 0.1) is 0 Å². The van der Waals surface area contributed by atoms with E-state index in [0.717, 1.165) is 0 Å². The molecule has 104 valence electrons. The number of ether oxygens (including phenoxy) is 2. The third-order valence-electron chi connectivity index (χ3n) is 2.80. The Balaban J connectivity index is 2.50. The van der Waals surface area contributed by atoms with Crippen molar-refractivity contribution in [2.75, 3.05) is 33.5 Å². The summed E-state index contributed by atoms with van der Waals surface area (Å²) >= 11 is 0. The standard InChI is InChI=1S/C11H20N2O5/c1-8(3-5-17-2)12-11(16)13-4-6-18-7-9(13)10(14)15/h8-9H,3-7H2,1-2H3,(H,12,16)(H,14,15). The van der Waals surface area contributed by atoms with Crippen molar-refractivity contribution in [2.24, 2.45) is 0 Å². The predicted octanol–water partition coefficient (Wildman–Crippen LogP) is -0.0936. The van der Waals surface area contributed by atoms with Gasteiger partial charge in [-0.3, -0.25) is 0 Å². The second-order valence-electron chi connectivity index (χ2n) is 4.25. The molecule has 7 nitrogen and oxygen atoms in total. The van der Waals surface area contributed by atoms with Gasteiger partial charge in [-0.25, -0.2) is 9.59 Å². The Morgan fingerprint density at radius 3 is 2.94 bits per heavy atom. The third-order valence-corrected chi connectivity index (χ3v) is 2.80. The summed E-state index contributed by atoms with van der Waals surface area (Å²) in [7, 11) is 1.59. The number of carboxylic acid groups (broad SMARTS) is 1. The van der Waals surface area contributed by atoms with E-state index in [1.165, 1.54) is 4.90 Å². The van der Waals surface area contributed by atoms with Crippen LogP contribution in [-0.4, -0.2) is 67.6 Å². The maximum absolute atomic E-state index is 11.9. The molecule has 2 N–H and O–H groups in total. The number of carbonyl (C=O) groups excluding carboxylic acids is 1. The summed E-state index contributed by atoms with van der Waals surface area (Å²) in [6.45, 7) is 3.10. The van der Waals surface area contributed by atoms with Crippen LogP contribution in [0.4, 0.5) is 4.79 Å². The Hall–Kier alpha value is -1.34. The Bertz CT molecular complexity index is 297. The topological polar surface area (TPSA) is 88.1 Å². The van der Waals surface area contributed by atoms with Gasteiger partial charge in [0.05, 0.1) is 13.2 Å². The van der Waals surface area contributed by atoms with Crippen LogP contribution in [0.25, 0.3) is 0 Å². The zero-order valence-electron chi connectivity index (χ0n) is 10.7. The molecule has 1 heterocycles. The first kappa shape index (κ1) is 14.7. The highest BCUT2D eigenvalue weighted by Crippen LogP contribution is 2.08. The molecule has 0 radical (unpaired) electrons. The molecule has 2 unspecified atom stereocenters. The fourth-order valence-corrected chi connectivity index (χ4v) is 1.71. The van der Waals surface area contributed by atoms with Crippen LogP contribution in [0.3, 0.4) is 0 Å². The van der Waals surface area contributed by atoms with Crippen molar-refractivity contribution < 1.29 is 24.2 Å². The lowest BCUT2D eigenvalue weighted by atomic mass is 10.2. The number of urea groups is 1. The summed E-state index contributed by atoms with van der Waals surface area (Å²) in [5.41, 5.74) is 0. The molecule has 1 rings (SSSR count).